The van der Waals surface area contributed by atoms with Crippen LogP contribution in [0, 0.1) is 10.5 Å². The van der Waals surface area contributed by atoms with Crippen LogP contribution in [-0.4, -0.2) is 14.7 Å². The van der Waals surface area contributed by atoms with Gasteiger partial charge in [-0.3, -0.25) is 9.36 Å². The van der Waals surface area contributed by atoms with Gasteiger partial charge in [0.25, 0.3) is 5.56 Å². The fraction of sp³-hybridized carbons (Fsp3) is 0.222. The summed E-state index contributed by atoms with van der Waals surface area (Å²) in [5.74, 6) is 0.651. The van der Waals surface area contributed by atoms with Crippen LogP contribution in [0.25, 0.3) is 0 Å². The van der Waals surface area contributed by atoms with E-state index in [1.54, 1.807) is 6.07 Å². The van der Waals surface area contributed by atoms with Gasteiger partial charge < -0.3 is 4.52 Å². The minimum Gasteiger partial charge on any atom is -0.359 e. The van der Waals surface area contributed by atoms with E-state index in [0.717, 1.165) is 5.69 Å². The van der Waals surface area contributed by atoms with Crippen molar-refractivity contribution < 1.29 is 4.52 Å². The lowest BCUT2D eigenvalue weighted by atomic mass is 10.4. The molecule has 5 nitrogen and oxygen atoms in total. The van der Waals surface area contributed by atoms with Gasteiger partial charge in [0.15, 0.2) is 5.76 Å². The molecule has 0 spiro atoms. The number of rotatable bonds is 2. The molecule has 0 aliphatic carbocycles. The van der Waals surface area contributed by atoms with Gasteiger partial charge in [0.05, 0.1) is 22.1 Å². The molecule has 0 radical (unpaired) electrons. The monoisotopic (exact) mass is 317 g/mol. The van der Waals surface area contributed by atoms with Gasteiger partial charge >= 0.3 is 0 Å². The zero-order valence-electron chi connectivity index (χ0n) is 7.98. The fourth-order valence-corrected chi connectivity index (χ4v) is 1.67. The predicted molar refractivity (Wildman–Crippen MR) is 61.6 cm³/mol. The van der Waals surface area contributed by atoms with Crippen molar-refractivity contribution >= 4 is 22.6 Å². The van der Waals surface area contributed by atoms with Gasteiger partial charge in [-0.1, -0.05) is 5.16 Å². The first-order valence-electron chi connectivity index (χ1n) is 4.29. The van der Waals surface area contributed by atoms with Crippen molar-refractivity contribution in [1.29, 1.82) is 0 Å². The second-order valence-electron chi connectivity index (χ2n) is 3.11. The topological polar surface area (TPSA) is 60.9 Å². The maximum atomic E-state index is 11.6. The summed E-state index contributed by atoms with van der Waals surface area (Å²) in [5, 5.41) is 3.75. The van der Waals surface area contributed by atoms with E-state index in [2.05, 4.69) is 10.1 Å². The van der Waals surface area contributed by atoms with E-state index in [4.69, 9.17) is 4.52 Å². The van der Waals surface area contributed by atoms with Gasteiger partial charge in [0.2, 0.25) is 0 Å². The number of hydrogen-bond donors (Lipinski definition) is 0. The first-order chi connectivity index (χ1) is 7.16. The van der Waals surface area contributed by atoms with Gasteiger partial charge in [0, 0.05) is 12.3 Å². The van der Waals surface area contributed by atoms with Crippen LogP contribution in [0.3, 0.4) is 0 Å². The van der Waals surface area contributed by atoms with Crippen LogP contribution >= 0.6 is 22.6 Å². The largest absolute Gasteiger partial charge is 0.359 e. The lowest BCUT2D eigenvalue weighted by molar-refractivity contribution is 0.371. The third-order valence-corrected chi connectivity index (χ3v) is 2.60. The molecule has 0 aromatic carbocycles. The molecule has 78 valence electrons. The van der Waals surface area contributed by atoms with E-state index < -0.39 is 0 Å². The molecule has 0 saturated heterocycles. The maximum absolute atomic E-state index is 11.6. The molecule has 2 rings (SSSR count). The Labute approximate surface area is 99.3 Å². The maximum Gasteiger partial charge on any atom is 0.267 e. The minimum atomic E-state index is -0.0698. The highest BCUT2D eigenvalue weighted by molar-refractivity contribution is 14.1. The second kappa shape index (κ2) is 4.13. The van der Waals surface area contributed by atoms with E-state index in [1.165, 1.54) is 17.1 Å². The zero-order valence-corrected chi connectivity index (χ0v) is 10.1. The molecule has 0 N–H and O–H groups in total. The Hall–Kier alpha value is -1.18. The van der Waals surface area contributed by atoms with Crippen LogP contribution < -0.4 is 5.56 Å². The van der Waals surface area contributed by atoms with E-state index in [-0.39, 0.29) is 5.56 Å². The Morgan fingerprint density at radius 1 is 1.60 bits per heavy atom. The highest BCUT2D eigenvalue weighted by atomic mass is 127. The van der Waals surface area contributed by atoms with Crippen LogP contribution in [0.5, 0.6) is 0 Å². The van der Waals surface area contributed by atoms with Crippen molar-refractivity contribution in [3.8, 4) is 0 Å². The molecule has 2 aromatic rings. The lowest BCUT2D eigenvalue weighted by Gasteiger charge is -2.00. The molecular formula is C9H8IN3O2. The quantitative estimate of drug-likeness (QED) is 0.781. The highest BCUT2D eigenvalue weighted by Crippen LogP contribution is 2.03. The summed E-state index contributed by atoms with van der Waals surface area (Å²) >= 11 is 1.96. The Morgan fingerprint density at radius 2 is 2.40 bits per heavy atom. The molecule has 2 heterocycles. The van der Waals surface area contributed by atoms with Gasteiger partial charge in [-0.25, -0.2) is 4.98 Å². The third kappa shape index (κ3) is 2.25. The Bertz CT molecular complexity index is 532. The lowest BCUT2D eigenvalue weighted by Crippen LogP contribution is -2.22. The van der Waals surface area contributed by atoms with Crippen LogP contribution in [0.2, 0.25) is 0 Å². The predicted octanol–water partition coefficient (Wildman–Crippen LogP) is 1.19. The van der Waals surface area contributed by atoms with Crippen LogP contribution in [0.1, 0.15) is 11.5 Å². The van der Waals surface area contributed by atoms with Gasteiger partial charge in [-0.05, 0) is 29.5 Å². The average Bonchev–Trinajstić information content (AvgIpc) is 2.59. The Balaban J connectivity index is 2.32. The molecule has 0 fully saturated rings. The number of aryl methyl sites for hydroxylation is 1. The number of aromatic nitrogens is 3. The van der Waals surface area contributed by atoms with Gasteiger partial charge in [0.1, 0.15) is 0 Å². The van der Waals surface area contributed by atoms with E-state index in [1.807, 2.05) is 29.5 Å². The summed E-state index contributed by atoms with van der Waals surface area (Å²) in [7, 11) is 0. The first kappa shape index (κ1) is 10.3. The molecule has 0 bridgehead atoms. The average molecular weight is 317 g/mol. The fourth-order valence-electron chi connectivity index (χ4n) is 1.20. The molecular weight excluding hydrogens is 309 g/mol. The van der Waals surface area contributed by atoms with E-state index in [0.29, 0.717) is 15.9 Å². The van der Waals surface area contributed by atoms with Crippen molar-refractivity contribution in [2.24, 2.45) is 0 Å². The Kier molecular flexibility index (Phi) is 2.85. The van der Waals surface area contributed by atoms with Crippen molar-refractivity contribution in [3.63, 3.8) is 0 Å². The zero-order chi connectivity index (χ0) is 10.8. The van der Waals surface area contributed by atoms with Crippen molar-refractivity contribution in [2.75, 3.05) is 0 Å². The van der Waals surface area contributed by atoms with Gasteiger partial charge in [-0.2, -0.15) is 0 Å². The summed E-state index contributed by atoms with van der Waals surface area (Å²) in [5.41, 5.74) is 0.733. The summed E-state index contributed by atoms with van der Waals surface area (Å²) in [6.07, 6.45) is 3.02. The summed E-state index contributed by atoms with van der Waals surface area (Å²) < 4.78 is 7.10. The molecule has 2 aromatic heterocycles. The molecule has 15 heavy (non-hydrogen) atoms. The summed E-state index contributed by atoms with van der Waals surface area (Å²) in [6, 6.07) is 1.80. The normalized spacial score (nSPS) is 10.5. The van der Waals surface area contributed by atoms with Crippen LogP contribution in [0.4, 0.5) is 0 Å². The van der Waals surface area contributed by atoms with Crippen molar-refractivity contribution in [2.45, 2.75) is 13.5 Å². The van der Waals surface area contributed by atoms with Crippen molar-refractivity contribution in [3.05, 3.63) is 44.0 Å². The Morgan fingerprint density at radius 3 is 3.07 bits per heavy atom. The smallest absolute Gasteiger partial charge is 0.267 e. The molecule has 0 atom stereocenters. The number of hydrogen-bond acceptors (Lipinski definition) is 4. The molecule has 0 unspecified atom stereocenters. The third-order valence-electron chi connectivity index (χ3n) is 1.86. The van der Waals surface area contributed by atoms with Crippen LogP contribution in [0.15, 0.2) is 27.9 Å². The van der Waals surface area contributed by atoms with Gasteiger partial charge in [-0.15, -0.1) is 0 Å². The molecule has 0 amide bonds. The van der Waals surface area contributed by atoms with Crippen molar-refractivity contribution in [1.82, 2.24) is 14.7 Å². The first-order valence-corrected chi connectivity index (χ1v) is 5.37. The summed E-state index contributed by atoms with van der Waals surface area (Å²) in [4.78, 5) is 15.6. The standard InChI is InChI=1S/C9H8IN3O2/c1-6-2-7(15-12-6)4-13-5-11-3-8(10)9(13)14/h2-3,5H,4H2,1H3. The molecule has 0 aliphatic heterocycles. The molecule has 0 aliphatic rings. The molecule has 0 saturated carbocycles. The summed E-state index contributed by atoms with van der Waals surface area (Å²) in [6.45, 7) is 2.20. The van der Waals surface area contributed by atoms with E-state index >= 15 is 0 Å². The SMILES string of the molecule is Cc1cc(Cn2cncc(I)c2=O)on1. The minimum absolute atomic E-state index is 0.0698. The second-order valence-corrected chi connectivity index (χ2v) is 4.27. The van der Waals surface area contributed by atoms with E-state index in [9.17, 15) is 4.79 Å². The highest BCUT2D eigenvalue weighted by Gasteiger charge is 2.05. The molecule has 6 heteroatoms. The number of halogens is 1. The van der Waals surface area contributed by atoms with Crippen LogP contribution in [-0.2, 0) is 6.54 Å². The number of nitrogens with zero attached hydrogens (tertiary/aromatic N) is 3.